The maximum atomic E-state index is 10.1. The van der Waals surface area contributed by atoms with Gasteiger partial charge in [-0.25, -0.2) is 0 Å². The van der Waals surface area contributed by atoms with Gasteiger partial charge >= 0.3 is 0 Å². The molecule has 0 N–H and O–H groups in total. The van der Waals surface area contributed by atoms with Crippen LogP contribution in [0.1, 0.15) is 96.8 Å². The van der Waals surface area contributed by atoms with Gasteiger partial charge in [-0.15, -0.1) is 0 Å². The molecule has 0 aliphatic heterocycles. The van der Waals surface area contributed by atoms with Crippen molar-refractivity contribution in [1.82, 2.24) is 0 Å². The lowest BCUT2D eigenvalue weighted by Gasteiger charge is -2.01. The van der Waals surface area contributed by atoms with Crippen molar-refractivity contribution in [2.45, 2.75) is 96.8 Å². The van der Waals surface area contributed by atoms with E-state index < -0.39 is 0 Å². The second-order valence-corrected chi connectivity index (χ2v) is 5.54. The summed E-state index contributed by atoms with van der Waals surface area (Å²) in [7, 11) is 0. The smallest absolute Gasteiger partial charge is 0.119 e. The highest BCUT2D eigenvalue weighted by atomic mass is 16.1. The van der Waals surface area contributed by atoms with Crippen LogP contribution in [-0.2, 0) is 4.79 Å². The van der Waals surface area contributed by atoms with Crippen LogP contribution in [0.25, 0.3) is 0 Å². The van der Waals surface area contributed by atoms with Crippen molar-refractivity contribution in [3.8, 4) is 0 Å². The lowest BCUT2D eigenvalue weighted by Crippen LogP contribution is -1.82. The molecule has 0 unspecified atom stereocenters. The predicted molar refractivity (Wildman–Crippen MR) is 85.5 cm³/mol. The SMILES string of the molecule is CCCC/C=C/CCCCCCCCCCCC=O. The molecule has 0 fully saturated rings. The summed E-state index contributed by atoms with van der Waals surface area (Å²) in [6.07, 6.45) is 23.6. The van der Waals surface area contributed by atoms with E-state index in [1.807, 2.05) is 0 Å². The Morgan fingerprint density at radius 3 is 1.47 bits per heavy atom. The molecule has 0 spiro atoms. The second-order valence-electron chi connectivity index (χ2n) is 5.54. The normalized spacial score (nSPS) is 11.2. The fraction of sp³-hybridized carbons (Fsp3) is 0.833. The van der Waals surface area contributed by atoms with Gasteiger partial charge in [-0.1, -0.05) is 76.9 Å². The van der Waals surface area contributed by atoms with Gasteiger partial charge in [0.05, 0.1) is 0 Å². The lowest BCUT2D eigenvalue weighted by molar-refractivity contribution is -0.107. The summed E-state index contributed by atoms with van der Waals surface area (Å²) in [5.74, 6) is 0. The summed E-state index contributed by atoms with van der Waals surface area (Å²) in [5.41, 5.74) is 0. The molecule has 0 saturated carbocycles. The molecule has 19 heavy (non-hydrogen) atoms. The van der Waals surface area contributed by atoms with Crippen LogP contribution in [-0.4, -0.2) is 6.29 Å². The maximum absolute atomic E-state index is 10.1. The van der Waals surface area contributed by atoms with Crippen molar-refractivity contribution in [3.63, 3.8) is 0 Å². The number of allylic oxidation sites excluding steroid dienone is 2. The summed E-state index contributed by atoms with van der Waals surface area (Å²) in [6, 6.07) is 0. The summed E-state index contributed by atoms with van der Waals surface area (Å²) in [6.45, 7) is 2.25. The van der Waals surface area contributed by atoms with Gasteiger partial charge in [-0.2, -0.15) is 0 Å². The van der Waals surface area contributed by atoms with E-state index in [0.29, 0.717) is 0 Å². The molecular weight excluding hydrogens is 232 g/mol. The van der Waals surface area contributed by atoms with E-state index in [2.05, 4.69) is 19.1 Å². The zero-order chi connectivity index (χ0) is 14.0. The Morgan fingerprint density at radius 2 is 1.00 bits per heavy atom. The number of rotatable bonds is 15. The van der Waals surface area contributed by atoms with Crippen molar-refractivity contribution in [3.05, 3.63) is 12.2 Å². The van der Waals surface area contributed by atoms with Gasteiger partial charge in [0.1, 0.15) is 6.29 Å². The number of aldehydes is 1. The molecule has 0 aromatic rings. The van der Waals surface area contributed by atoms with Crippen LogP contribution >= 0.6 is 0 Å². The number of carbonyl (C=O) groups is 1. The standard InChI is InChI=1S/C18H34O/c1-2-3-4-5-6-7-8-9-10-11-12-13-14-15-16-17-18-19/h5-6,18H,2-4,7-17H2,1H3/b6-5+. The zero-order valence-corrected chi connectivity index (χ0v) is 13.0. The number of carbonyl (C=O) groups excluding carboxylic acids is 1. The Bertz CT molecular complexity index is 196. The van der Waals surface area contributed by atoms with Crippen LogP contribution in [0.4, 0.5) is 0 Å². The van der Waals surface area contributed by atoms with Crippen LogP contribution in [0.3, 0.4) is 0 Å². The molecule has 0 aromatic carbocycles. The van der Waals surface area contributed by atoms with Gasteiger partial charge in [0, 0.05) is 6.42 Å². The average Bonchev–Trinajstić information content (AvgIpc) is 2.43. The largest absolute Gasteiger partial charge is 0.303 e. The first-order chi connectivity index (χ1) is 9.41. The third-order valence-electron chi connectivity index (χ3n) is 3.58. The van der Waals surface area contributed by atoms with Crippen LogP contribution in [0.5, 0.6) is 0 Å². The molecular formula is C18H34O. The van der Waals surface area contributed by atoms with Gasteiger partial charge in [-0.05, 0) is 25.7 Å². The molecule has 0 rings (SSSR count). The Morgan fingerprint density at radius 1 is 0.579 bits per heavy atom. The number of unbranched alkanes of at least 4 members (excludes halogenated alkanes) is 12. The van der Waals surface area contributed by atoms with E-state index in [1.165, 1.54) is 77.0 Å². The van der Waals surface area contributed by atoms with Gasteiger partial charge in [0.2, 0.25) is 0 Å². The van der Waals surface area contributed by atoms with Crippen molar-refractivity contribution < 1.29 is 4.79 Å². The molecule has 1 heteroatoms. The molecule has 0 aromatic heterocycles. The molecule has 0 bridgehead atoms. The summed E-state index contributed by atoms with van der Waals surface area (Å²) < 4.78 is 0. The first-order valence-corrected chi connectivity index (χ1v) is 8.50. The Labute approximate surface area is 120 Å². The minimum absolute atomic E-state index is 0.756. The van der Waals surface area contributed by atoms with Crippen LogP contribution in [0, 0.1) is 0 Å². The van der Waals surface area contributed by atoms with Gasteiger partial charge in [0.25, 0.3) is 0 Å². The molecule has 0 aliphatic rings. The quantitative estimate of drug-likeness (QED) is 0.195. The molecule has 0 saturated heterocycles. The molecule has 1 nitrogen and oxygen atoms in total. The fourth-order valence-electron chi connectivity index (χ4n) is 2.28. The highest BCUT2D eigenvalue weighted by Crippen LogP contribution is 2.11. The van der Waals surface area contributed by atoms with E-state index in [4.69, 9.17) is 0 Å². The minimum atomic E-state index is 0.756. The molecule has 0 aliphatic carbocycles. The van der Waals surface area contributed by atoms with Crippen LogP contribution in [0.15, 0.2) is 12.2 Å². The van der Waals surface area contributed by atoms with E-state index in [-0.39, 0.29) is 0 Å². The van der Waals surface area contributed by atoms with Crippen molar-refractivity contribution in [1.29, 1.82) is 0 Å². The first kappa shape index (κ1) is 18.4. The summed E-state index contributed by atoms with van der Waals surface area (Å²) in [5, 5.41) is 0. The Kier molecular flexibility index (Phi) is 16.9. The monoisotopic (exact) mass is 266 g/mol. The average molecular weight is 266 g/mol. The topological polar surface area (TPSA) is 17.1 Å². The molecule has 0 heterocycles. The third-order valence-corrected chi connectivity index (χ3v) is 3.58. The van der Waals surface area contributed by atoms with E-state index >= 15 is 0 Å². The van der Waals surface area contributed by atoms with Gasteiger partial charge in [0.15, 0.2) is 0 Å². The van der Waals surface area contributed by atoms with Gasteiger partial charge in [-0.3, -0.25) is 0 Å². The van der Waals surface area contributed by atoms with Gasteiger partial charge < -0.3 is 4.79 Å². The second kappa shape index (κ2) is 17.4. The number of hydrogen-bond donors (Lipinski definition) is 0. The highest BCUT2D eigenvalue weighted by Gasteiger charge is 1.92. The van der Waals surface area contributed by atoms with E-state index in [1.54, 1.807) is 0 Å². The van der Waals surface area contributed by atoms with E-state index in [9.17, 15) is 4.79 Å². The summed E-state index contributed by atoms with van der Waals surface area (Å²) in [4.78, 5) is 10.1. The molecule has 0 radical (unpaired) electrons. The van der Waals surface area contributed by atoms with Crippen molar-refractivity contribution >= 4 is 6.29 Å². The summed E-state index contributed by atoms with van der Waals surface area (Å²) >= 11 is 0. The predicted octanol–water partition coefficient (Wildman–Crippen LogP) is 6.22. The third kappa shape index (κ3) is 17.4. The molecule has 0 atom stereocenters. The zero-order valence-electron chi connectivity index (χ0n) is 13.0. The Hall–Kier alpha value is -0.590. The fourth-order valence-corrected chi connectivity index (χ4v) is 2.28. The minimum Gasteiger partial charge on any atom is -0.303 e. The van der Waals surface area contributed by atoms with Crippen LogP contribution < -0.4 is 0 Å². The highest BCUT2D eigenvalue weighted by molar-refractivity contribution is 5.48. The lowest BCUT2D eigenvalue weighted by atomic mass is 10.1. The van der Waals surface area contributed by atoms with Crippen LogP contribution in [0.2, 0.25) is 0 Å². The maximum Gasteiger partial charge on any atom is 0.119 e. The molecule has 112 valence electrons. The van der Waals surface area contributed by atoms with Crippen molar-refractivity contribution in [2.75, 3.05) is 0 Å². The Balaban J connectivity index is 2.98. The van der Waals surface area contributed by atoms with Crippen molar-refractivity contribution in [2.24, 2.45) is 0 Å². The number of hydrogen-bond acceptors (Lipinski definition) is 1. The first-order valence-electron chi connectivity index (χ1n) is 8.50. The van der Waals surface area contributed by atoms with E-state index in [0.717, 1.165) is 19.1 Å². The molecule has 0 amide bonds.